The number of anilines is 1. The average molecular weight is 556 g/mol. The van der Waals surface area contributed by atoms with Gasteiger partial charge >= 0.3 is 0 Å². The van der Waals surface area contributed by atoms with Gasteiger partial charge < -0.3 is 20.1 Å². The van der Waals surface area contributed by atoms with Gasteiger partial charge in [0.15, 0.2) is 5.11 Å². The molecule has 1 amide bonds. The van der Waals surface area contributed by atoms with E-state index in [0.29, 0.717) is 11.7 Å². The van der Waals surface area contributed by atoms with Crippen LogP contribution in [0.15, 0.2) is 66.9 Å². The quantitative estimate of drug-likeness (QED) is 0.253. The van der Waals surface area contributed by atoms with Crippen LogP contribution in [0.4, 0.5) is 10.1 Å². The molecule has 2 N–H and O–H groups in total. The molecule has 3 heterocycles. The zero-order chi connectivity index (χ0) is 28.6. The fraction of sp³-hybridized carbons (Fsp3) is 0.281. The normalized spacial score (nSPS) is 16.8. The third kappa shape index (κ3) is 5.23. The van der Waals surface area contributed by atoms with Crippen LogP contribution >= 0.6 is 12.2 Å². The smallest absolute Gasteiger partial charge is 0.226 e. The van der Waals surface area contributed by atoms with Crippen LogP contribution in [0.3, 0.4) is 0 Å². The van der Waals surface area contributed by atoms with Crippen LogP contribution in [-0.4, -0.2) is 32.0 Å². The molecule has 1 aliphatic rings. The van der Waals surface area contributed by atoms with E-state index in [4.69, 9.17) is 12.2 Å². The number of pyridine rings is 1. The van der Waals surface area contributed by atoms with Crippen molar-refractivity contribution in [3.05, 3.63) is 112 Å². The number of nitrogens with one attached hydrogen (secondary N) is 2. The summed E-state index contributed by atoms with van der Waals surface area (Å²) in [5.74, 6) is -0.735. The molecular formula is C32H34FN5OS. The van der Waals surface area contributed by atoms with E-state index < -0.39 is 5.82 Å². The van der Waals surface area contributed by atoms with Crippen molar-refractivity contribution in [2.24, 2.45) is 0 Å². The minimum atomic E-state index is -0.462. The lowest BCUT2D eigenvalue weighted by Gasteiger charge is -2.28. The van der Waals surface area contributed by atoms with Crippen LogP contribution in [-0.2, 0) is 4.79 Å². The van der Waals surface area contributed by atoms with Gasteiger partial charge in [-0.05, 0) is 93.9 Å². The minimum absolute atomic E-state index is 0.149. The van der Waals surface area contributed by atoms with Gasteiger partial charge in [-0.1, -0.05) is 35.9 Å². The summed E-state index contributed by atoms with van der Waals surface area (Å²) in [7, 11) is 0. The van der Waals surface area contributed by atoms with Gasteiger partial charge in [-0.3, -0.25) is 9.78 Å². The van der Waals surface area contributed by atoms with Crippen molar-refractivity contribution in [1.82, 2.24) is 19.8 Å². The molecule has 4 aromatic rings. The number of halogens is 1. The van der Waals surface area contributed by atoms with Gasteiger partial charge in [0.2, 0.25) is 5.91 Å². The van der Waals surface area contributed by atoms with Crippen molar-refractivity contribution in [2.45, 2.75) is 53.1 Å². The SMILES string of the molecule is Cc1cc(C)c(-n2c(C)cc([C@H]3[C@@H](c4ccccn4)NC(=S)N3CCC(=O)Nc3ccccc3F)c2C)c(C)c1. The van der Waals surface area contributed by atoms with Crippen molar-refractivity contribution in [2.75, 3.05) is 11.9 Å². The number of carbonyl (C=O) groups excluding carboxylic acids is 1. The second-order valence-corrected chi connectivity index (χ2v) is 10.9. The largest absolute Gasteiger partial charge is 0.352 e. The number of amides is 1. The Kier molecular flexibility index (Phi) is 7.72. The summed E-state index contributed by atoms with van der Waals surface area (Å²) < 4.78 is 16.4. The molecule has 1 fully saturated rings. The van der Waals surface area contributed by atoms with Crippen LogP contribution in [0.5, 0.6) is 0 Å². The molecule has 1 aliphatic heterocycles. The predicted octanol–water partition coefficient (Wildman–Crippen LogP) is 6.55. The summed E-state index contributed by atoms with van der Waals surface area (Å²) in [5, 5.41) is 6.72. The Morgan fingerprint density at radius 1 is 1.02 bits per heavy atom. The highest BCUT2D eigenvalue weighted by Gasteiger charge is 2.41. The highest BCUT2D eigenvalue weighted by Crippen LogP contribution is 2.42. The first-order chi connectivity index (χ1) is 19.2. The zero-order valence-electron chi connectivity index (χ0n) is 23.5. The molecular weight excluding hydrogens is 521 g/mol. The highest BCUT2D eigenvalue weighted by atomic mass is 32.1. The first kappa shape index (κ1) is 27.5. The Hall–Kier alpha value is -4.04. The molecule has 8 heteroatoms. The monoisotopic (exact) mass is 555 g/mol. The first-order valence-electron chi connectivity index (χ1n) is 13.4. The standard InChI is InChI=1S/C32H34FN5OS/c1-19-16-20(2)30(21(3)17-19)38-22(4)18-24(23(38)5)31-29(27-12-8-9-14-34-27)36-32(40)37(31)15-13-28(39)35-26-11-7-6-10-25(26)33/h6-12,14,16-18,29,31H,13,15H2,1-5H3,(H,35,39)(H,36,40)/t29-,31+/m1/s1. The summed E-state index contributed by atoms with van der Waals surface area (Å²) in [4.78, 5) is 19.6. The third-order valence-corrected chi connectivity index (χ3v) is 7.93. The predicted molar refractivity (Wildman–Crippen MR) is 161 cm³/mol. The highest BCUT2D eigenvalue weighted by molar-refractivity contribution is 7.80. The number of para-hydroxylation sites is 1. The molecule has 0 unspecified atom stereocenters. The number of aromatic nitrogens is 2. The number of benzene rings is 2. The minimum Gasteiger partial charge on any atom is -0.352 e. The molecule has 0 spiro atoms. The van der Waals surface area contributed by atoms with Gasteiger partial charge in [0.25, 0.3) is 0 Å². The average Bonchev–Trinajstić information content (AvgIpc) is 3.39. The van der Waals surface area contributed by atoms with Crippen molar-refractivity contribution in [1.29, 1.82) is 0 Å². The van der Waals surface area contributed by atoms with Crippen molar-refractivity contribution >= 4 is 28.9 Å². The number of rotatable bonds is 7. The molecule has 1 saturated heterocycles. The van der Waals surface area contributed by atoms with E-state index in [1.165, 1.54) is 28.4 Å². The van der Waals surface area contributed by atoms with Crippen molar-refractivity contribution in [3.8, 4) is 5.69 Å². The van der Waals surface area contributed by atoms with Crippen LogP contribution < -0.4 is 10.6 Å². The second-order valence-electron chi connectivity index (χ2n) is 10.5. The molecule has 0 saturated carbocycles. The maximum absolute atomic E-state index is 14.1. The summed E-state index contributed by atoms with van der Waals surface area (Å²) in [6.45, 7) is 11.0. The Labute approximate surface area is 240 Å². The van der Waals surface area contributed by atoms with Crippen LogP contribution in [0.2, 0.25) is 0 Å². The summed E-state index contributed by atoms with van der Waals surface area (Å²) in [5.41, 5.74) is 9.26. The van der Waals surface area contributed by atoms with Gasteiger partial charge in [-0.25, -0.2) is 4.39 Å². The molecule has 2 aromatic carbocycles. The second kappa shape index (κ2) is 11.2. The number of aryl methyl sites for hydroxylation is 4. The summed E-state index contributed by atoms with van der Waals surface area (Å²) in [6.07, 6.45) is 1.93. The van der Waals surface area contributed by atoms with E-state index in [2.05, 4.69) is 77.9 Å². The van der Waals surface area contributed by atoms with E-state index in [0.717, 1.165) is 22.6 Å². The van der Waals surface area contributed by atoms with Crippen LogP contribution in [0.1, 0.15) is 57.8 Å². The van der Waals surface area contributed by atoms with E-state index in [9.17, 15) is 9.18 Å². The lowest BCUT2D eigenvalue weighted by atomic mass is 9.96. The van der Waals surface area contributed by atoms with E-state index >= 15 is 0 Å². The lowest BCUT2D eigenvalue weighted by molar-refractivity contribution is -0.116. The Morgan fingerprint density at radius 2 is 1.73 bits per heavy atom. The fourth-order valence-electron chi connectivity index (χ4n) is 5.94. The van der Waals surface area contributed by atoms with Crippen molar-refractivity contribution < 1.29 is 9.18 Å². The summed E-state index contributed by atoms with van der Waals surface area (Å²) >= 11 is 5.82. The Balaban J connectivity index is 1.51. The summed E-state index contributed by atoms with van der Waals surface area (Å²) in [6, 6.07) is 18.3. The molecule has 2 aromatic heterocycles. The number of hydrogen-bond acceptors (Lipinski definition) is 3. The van der Waals surface area contributed by atoms with Gasteiger partial charge in [0.1, 0.15) is 5.82 Å². The van der Waals surface area contributed by atoms with Crippen LogP contribution in [0.25, 0.3) is 5.69 Å². The molecule has 6 nitrogen and oxygen atoms in total. The van der Waals surface area contributed by atoms with Crippen molar-refractivity contribution in [3.63, 3.8) is 0 Å². The van der Waals surface area contributed by atoms with E-state index in [1.807, 2.05) is 18.2 Å². The number of thiocarbonyl (C=S) groups is 1. The molecule has 5 rings (SSSR count). The number of carbonyl (C=O) groups is 1. The molecule has 40 heavy (non-hydrogen) atoms. The zero-order valence-corrected chi connectivity index (χ0v) is 24.3. The lowest BCUT2D eigenvalue weighted by Crippen LogP contribution is -2.33. The fourth-order valence-corrected chi connectivity index (χ4v) is 6.27. The Morgan fingerprint density at radius 3 is 2.40 bits per heavy atom. The number of nitrogens with zero attached hydrogens (tertiary/aromatic N) is 3. The maximum Gasteiger partial charge on any atom is 0.226 e. The van der Waals surface area contributed by atoms with Crippen LogP contribution in [0, 0.1) is 40.4 Å². The molecule has 0 aliphatic carbocycles. The number of hydrogen-bond donors (Lipinski definition) is 2. The van der Waals surface area contributed by atoms with Gasteiger partial charge in [-0.2, -0.15) is 0 Å². The van der Waals surface area contributed by atoms with Gasteiger partial charge in [0.05, 0.1) is 29.2 Å². The Bertz CT molecular complexity index is 1560. The van der Waals surface area contributed by atoms with Gasteiger partial charge in [-0.15, -0.1) is 0 Å². The first-order valence-corrected chi connectivity index (χ1v) is 13.9. The third-order valence-electron chi connectivity index (χ3n) is 7.57. The maximum atomic E-state index is 14.1. The topological polar surface area (TPSA) is 62.2 Å². The molecule has 0 radical (unpaired) electrons. The molecule has 2 atom stereocenters. The molecule has 206 valence electrons. The van der Waals surface area contributed by atoms with E-state index in [-0.39, 0.29) is 30.1 Å². The van der Waals surface area contributed by atoms with E-state index in [1.54, 1.807) is 24.4 Å². The molecule has 0 bridgehead atoms. The van der Waals surface area contributed by atoms with Gasteiger partial charge in [0, 0.05) is 30.6 Å².